The Morgan fingerprint density at radius 1 is 1.22 bits per heavy atom. The summed E-state index contributed by atoms with van der Waals surface area (Å²) in [6.45, 7) is 0. The molecule has 3 heteroatoms. The average molecular weight is 368 g/mol. The van der Waals surface area contributed by atoms with Crippen LogP contribution >= 0.6 is 54.5 Å². The molecule has 3 atom stereocenters. The maximum absolute atomic E-state index is 3.66. The van der Waals surface area contributed by atoms with Crippen LogP contribution in [-0.4, -0.2) is 13.6 Å². The molecule has 0 bridgehead atoms. The first-order chi connectivity index (χ1) is 4.22. The topological polar surface area (TPSA) is 0 Å². The highest BCUT2D eigenvalue weighted by Gasteiger charge is 2.27. The zero-order chi connectivity index (χ0) is 6.85. The van der Waals surface area contributed by atoms with Gasteiger partial charge in [0.1, 0.15) is 0 Å². The van der Waals surface area contributed by atoms with E-state index < -0.39 is 0 Å². The summed E-state index contributed by atoms with van der Waals surface area (Å²) >= 11 is 9.83. The van der Waals surface area contributed by atoms with E-state index in [0.717, 1.165) is 3.92 Å². The maximum atomic E-state index is 3.66. The minimum atomic E-state index is 0.687. The van der Waals surface area contributed by atoms with Gasteiger partial charge in [-0.05, 0) is 12.8 Å². The molecule has 54 valence electrons. The van der Waals surface area contributed by atoms with Crippen molar-refractivity contribution in [3.8, 4) is 0 Å². The molecule has 0 aromatic carbocycles. The lowest BCUT2D eigenvalue weighted by Gasteiger charge is -2.27. The molecule has 3 unspecified atom stereocenters. The first kappa shape index (κ1) is 8.78. The molecule has 0 heterocycles. The van der Waals surface area contributed by atoms with Crippen LogP contribution in [0.4, 0.5) is 0 Å². The Morgan fingerprint density at radius 2 is 1.89 bits per heavy atom. The minimum absolute atomic E-state index is 0.687. The van der Waals surface area contributed by atoms with E-state index in [1.54, 1.807) is 0 Å². The van der Waals surface area contributed by atoms with Crippen molar-refractivity contribution in [1.82, 2.24) is 0 Å². The lowest BCUT2D eigenvalue weighted by Crippen LogP contribution is -2.28. The standard InChI is InChI=1S/C6H9Br2I/c7-4-2-1-3-5(9)6(4)8/h4-6H,1-3H2. The Morgan fingerprint density at radius 3 is 2.33 bits per heavy atom. The van der Waals surface area contributed by atoms with Gasteiger partial charge in [0, 0.05) is 13.6 Å². The molecule has 0 radical (unpaired) electrons. The number of hydrogen-bond acceptors (Lipinski definition) is 0. The number of hydrogen-bond donors (Lipinski definition) is 0. The van der Waals surface area contributed by atoms with Gasteiger partial charge in [-0.15, -0.1) is 0 Å². The fourth-order valence-corrected chi connectivity index (χ4v) is 3.79. The van der Waals surface area contributed by atoms with E-state index >= 15 is 0 Å². The lowest BCUT2D eigenvalue weighted by molar-refractivity contribution is 0.562. The largest absolute Gasteiger partial charge is 0.0878 e. The van der Waals surface area contributed by atoms with Crippen molar-refractivity contribution >= 4 is 54.5 Å². The van der Waals surface area contributed by atoms with Gasteiger partial charge in [0.15, 0.2) is 0 Å². The minimum Gasteiger partial charge on any atom is -0.0878 e. The summed E-state index contributed by atoms with van der Waals surface area (Å²) in [6, 6.07) is 0. The molecule has 0 aromatic heterocycles. The predicted octanol–water partition coefficient (Wildman–Crippen LogP) is 3.50. The van der Waals surface area contributed by atoms with Crippen molar-refractivity contribution in [2.45, 2.75) is 32.8 Å². The molecule has 1 saturated carbocycles. The third-order valence-electron chi connectivity index (χ3n) is 1.65. The molecule has 1 rings (SSSR count). The summed E-state index contributed by atoms with van der Waals surface area (Å²) in [6.07, 6.45) is 4.08. The first-order valence-electron chi connectivity index (χ1n) is 3.14. The van der Waals surface area contributed by atoms with Crippen molar-refractivity contribution in [1.29, 1.82) is 0 Å². The lowest BCUT2D eigenvalue weighted by atomic mass is 10.0. The van der Waals surface area contributed by atoms with Crippen LogP contribution in [0.3, 0.4) is 0 Å². The Labute approximate surface area is 86.6 Å². The van der Waals surface area contributed by atoms with Gasteiger partial charge >= 0.3 is 0 Å². The summed E-state index contributed by atoms with van der Waals surface area (Å²) in [5.74, 6) is 0. The van der Waals surface area contributed by atoms with E-state index in [4.69, 9.17) is 0 Å². The molecular weight excluding hydrogens is 359 g/mol. The smallest absolute Gasteiger partial charge is 0.0388 e. The molecule has 0 N–H and O–H groups in total. The van der Waals surface area contributed by atoms with Crippen LogP contribution in [0.25, 0.3) is 0 Å². The van der Waals surface area contributed by atoms with Gasteiger partial charge in [0.05, 0.1) is 0 Å². The van der Waals surface area contributed by atoms with Crippen LogP contribution in [0, 0.1) is 0 Å². The third-order valence-corrected chi connectivity index (χ3v) is 7.05. The van der Waals surface area contributed by atoms with Gasteiger partial charge < -0.3 is 0 Å². The summed E-state index contributed by atoms with van der Waals surface area (Å²) in [4.78, 5) is 1.39. The molecular formula is C6H9Br2I. The summed E-state index contributed by atoms with van der Waals surface area (Å²) < 4.78 is 0.820. The van der Waals surface area contributed by atoms with Crippen LogP contribution in [0.1, 0.15) is 19.3 Å². The van der Waals surface area contributed by atoms with Crippen molar-refractivity contribution < 1.29 is 0 Å². The SMILES string of the molecule is BrC1CCCC(I)C1Br. The Balaban J connectivity index is 2.41. The van der Waals surface area contributed by atoms with E-state index in [1.807, 2.05) is 0 Å². The quantitative estimate of drug-likeness (QED) is 0.454. The normalized spacial score (nSPS) is 45.0. The summed E-state index contributed by atoms with van der Waals surface area (Å²) in [7, 11) is 0. The van der Waals surface area contributed by atoms with E-state index in [2.05, 4.69) is 54.5 Å². The monoisotopic (exact) mass is 366 g/mol. The number of halogens is 3. The van der Waals surface area contributed by atoms with E-state index in [0.29, 0.717) is 9.65 Å². The van der Waals surface area contributed by atoms with Crippen molar-refractivity contribution in [2.75, 3.05) is 0 Å². The number of alkyl halides is 3. The van der Waals surface area contributed by atoms with E-state index in [-0.39, 0.29) is 0 Å². The van der Waals surface area contributed by atoms with Gasteiger partial charge in [0.25, 0.3) is 0 Å². The maximum Gasteiger partial charge on any atom is 0.0388 e. The Kier molecular flexibility index (Phi) is 3.81. The van der Waals surface area contributed by atoms with Gasteiger partial charge in [-0.3, -0.25) is 0 Å². The van der Waals surface area contributed by atoms with Gasteiger partial charge in [-0.1, -0.05) is 60.9 Å². The Hall–Kier alpha value is 1.69. The second-order valence-corrected chi connectivity index (χ2v) is 6.24. The number of rotatable bonds is 0. The van der Waals surface area contributed by atoms with Crippen LogP contribution in [0.15, 0.2) is 0 Å². The predicted molar refractivity (Wildman–Crippen MR) is 57.1 cm³/mol. The van der Waals surface area contributed by atoms with Crippen molar-refractivity contribution in [3.05, 3.63) is 0 Å². The highest BCUT2D eigenvalue weighted by molar-refractivity contribution is 14.1. The summed E-state index contributed by atoms with van der Waals surface area (Å²) in [5, 5.41) is 0. The van der Waals surface area contributed by atoms with Gasteiger partial charge in [-0.25, -0.2) is 0 Å². The average Bonchev–Trinajstić information content (AvgIpc) is 1.83. The highest BCUT2D eigenvalue weighted by Crippen LogP contribution is 2.34. The molecule has 0 aliphatic heterocycles. The van der Waals surface area contributed by atoms with E-state index in [9.17, 15) is 0 Å². The molecule has 1 aliphatic rings. The summed E-state index contributed by atoms with van der Waals surface area (Å²) in [5.41, 5.74) is 0. The Bertz CT molecular complexity index is 87.1. The zero-order valence-electron chi connectivity index (χ0n) is 4.99. The second kappa shape index (κ2) is 3.90. The second-order valence-electron chi connectivity index (χ2n) is 2.41. The molecule has 1 aliphatic carbocycles. The third kappa shape index (κ3) is 2.33. The molecule has 9 heavy (non-hydrogen) atoms. The van der Waals surface area contributed by atoms with Crippen molar-refractivity contribution in [3.63, 3.8) is 0 Å². The van der Waals surface area contributed by atoms with E-state index in [1.165, 1.54) is 19.3 Å². The van der Waals surface area contributed by atoms with Crippen LogP contribution < -0.4 is 0 Å². The fraction of sp³-hybridized carbons (Fsp3) is 1.00. The molecule has 0 aromatic rings. The highest BCUT2D eigenvalue weighted by atomic mass is 127. The van der Waals surface area contributed by atoms with Crippen LogP contribution in [-0.2, 0) is 0 Å². The van der Waals surface area contributed by atoms with Gasteiger partial charge in [-0.2, -0.15) is 0 Å². The zero-order valence-corrected chi connectivity index (χ0v) is 10.3. The molecule has 1 fully saturated rings. The van der Waals surface area contributed by atoms with Crippen molar-refractivity contribution in [2.24, 2.45) is 0 Å². The molecule has 0 saturated heterocycles. The fourth-order valence-electron chi connectivity index (χ4n) is 1.05. The van der Waals surface area contributed by atoms with Crippen LogP contribution in [0.5, 0.6) is 0 Å². The molecule has 0 amide bonds. The first-order valence-corrected chi connectivity index (χ1v) is 6.21. The molecule has 0 spiro atoms. The molecule has 0 nitrogen and oxygen atoms in total. The van der Waals surface area contributed by atoms with Crippen LogP contribution in [0.2, 0.25) is 0 Å². The van der Waals surface area contributed by atoms with Gasteiger partial charge in [0.2, 0.25) is 0 Å².